The van der Waals surface area contributed by atoms with Gasteiger partial charge in [-0.1, -0.05) is 133 Å². The van der Waals surface area contributed by atoms with E-state index in [-0.39, 0.29) is 0 Å². The zero-order valence-electron chi connectivity index (χ0n) is 26.4. The van der Waals surface area contributed by atoms with Gasteiger partial charge in [-0.2, -0.15) is 0 Å². The molecule has 5 heteroatoms. The molecule has 0 N–H and O–H groups in total. The van der Waals surface area contributed by atoms with Crippen LogP contribution in [0, 0.1) is 0 Å². The highest BCUT2D eigenvalue weighted by atomic mass is 16.4. The van der Waals surface area contributed by atoms with Gasteiger partial charge < -0.3 is 4.42 Å². The van der Waals surface area contributed by atoms with Crippen LogP contribution in [0.15, 0.2) is 174 Å². The minimum atomic E-state index is 0.625. The average molecular weight is 629 g/mol. The minimum absolute atomic E-state index is 0.625. The lowest BCUT2D eigenvalue weighted by molar-refractivity contribution is 0.560. The van der Waals surface area contributed by atoms with E-state index in [2.05, 4.69) is 149 Å². The summed E-state index contributed by atoms with van der Waals surface area (Å²) < 4.78 is 11.1. The van der Waals surface area contributed by atoms with Crippen molar-refractivity contribution in [3.8, 4) is 45.7 Å². The third-order valence-electron chi connectivity index (χ3n) is 9.39. The van der Waals surface area contributed by atoms with Crippen LogP contribution in [-0.2, 0) is 0 Å². The van der Waals surface area contributed by atoms with E-state index >= 15 is 0 Å². The van der Waals surface area contributed by atoms with Crippen molar-refractivity contribution in [3.05, 3.63) is 170 Å². The lowest BCUT2D eigenvalue weighted by Crippen LogP contribution is -2.04. The van der Waals surface area contributed by atoms with Crippen LogP contribution >= 0.6 is 0 Å². The number of aromatic nitrogens is 4. The van der Waals surface area contributed by atoms with Crippen molar-refractivity contribution in [1.29, 1.82) is 0 Å². The molecule has 0 saturated heterocycles. The summed E-state index contributed by atoms with van der Waals surface area (Å²) >= 11 is 0. The van der Waals surface area contributed by atoms with Crippen LogP contribution < -0.4 is 0 Å². The molecule has 5 nitrogen and oxygen atoms in total. The Labute approximate surface area is 282 Å². The van der Waals surface area contributed by atoms with Crippen LogP contribution in [0.25, 0.3) is 89.3 Å². The standard InChI is InChI=1S/C44H28N4O/c1-4-14-29(15-5-1)35-28-36(30-16-6-2-7-17-30)46-44(45-35)48-37-22-12-10-20-32(37)33-24-25-39-42(43(33)48)34-21-11-13-23-38(34)47(39)41-27-26-40(49-41)31-18-8-3-9-19-31/h1-28H. The molecule has 0 saturated carbocycles. The van der Waals surface area contributed by atoms with Crippen molar-refractivity contribution >= 4 is 43.6 Å². The monoisotopic (exact) mass is 628 g/mol. The highest BCUT2D eigenvalue weighted by Crippen LogP contribution is 2.42. The fraction of sp³-hybridized carbons (Fsp3) is 0. The minimum Gasteiger partial charge on any atom is -0.440 e. The molecule has 0 aliphatic carbocycles. The Bertz CT molecular complexity index is 2750. The van der Waals surface area contributed by atoms with Crippen molar-refractivity contribution in [2.45, 2.75) is 0 Å². The van der Waals surface area contributed by atoms with Gasteiger partial charge in [-0.05, 0) is 30.3 Å². The van der Waals surface area contributed by atoms with Gasteiger partial charge in [0.05, 0.1) is 33.5 Å². The summed E-state index contributed by atoms with van der Waals surface area (Å²) in [6, 6.07) is 58.7. The van der Waals surface area contributed by atoms with Gasteiger partial charge in [-0.15, -0.1) is 0 Å². The molecule has 0 fully saturated rings. The molecule has 4 heterocycles. The molecule has 230 valence electrons. The molecule has 0 bridgehead atoms. The summed E-state index contributed by atoms with van der Waals surface area (Å²) in [5, 5.41) is 4.55. The smallest absolute Gasteiger partial charge is 0.235 e. The molecule has 0 atom stereocenters. The van der Waals surface area contributed by atoms with Crippen molar-refractivity contribution in [2.24, 2.45) is 0 Å². The normalized spacial score (nSPS) is 11.7. The molecule has 10 rings (SSSR count). The lowest BCUT2D eigenvalue weighted by Gasteiger charge is -2.12. The maximum absolute atomic E-state index is 6.58. The van der Waals surface area contributed by atoms with Crippen molar-refractivity contribution in [3.63, 3.8) is 0 Å². The molecule has 0 spiro atoms. The topological polar surface area (TPSA) is 48.8 Å². The quantitative estimate of drug-likeness (QED) is 0.191. The average Bonchev–Trinajstić information content (AvgIpc) is 3.88. The number of furan rings is 1. The number of hydrogen-bond donors (Lipinski definition) is 0. The molecule has 0 amide bonds. The number of rotatable bonds is 5. The zero-order valence-corrected chi connectivity index (χ0v) is 26.4. The van der Waals surface area contributed by atoms with E-state index in [1.807, 2.05) is 30.3 Å². The highest BCUT2D eigenvalue weighted by molar-refractivity contribution is 6.26. The van der Waals surface area contributed by atoms with Crippen molar-refractivity contribution in [1.82, 2.24) is 19.1 Å². The second-order valence-corrected chi connectivity index (χ2v) is 12.2. The third kappa shape index (κ3) is 4.33. The predicted octanol–water partition coefficient (Wildman–Crippen LogP) is 11.3. The Morgan fingerprint density at radius 2 is 0.959 bits per heavy atom. The summed E-state index contributed by atoms with van der Waals surface area (Å²) in [7, 11) is 0. The number of fused-ring (bicyclic) bond motifs is 7. The Hall–Kier alpha value is -6.72. The summed E-state index contributed by atoms with van der Waals surface area (Å²) in [4.78, 5) is 10.6. The summed E-state index contributed by atoms with van der Waals surface area (Å²) in [6.07, 6.45) is 0. The van der Waals surface area contributed by atoms with E-state index < -0.39 is 0 Å². The van der Waals surface area contributed by atoms with Crippen LogP contribution in [0.1, 0.15) is 0 Å². The van der Waals surface area contributed by atoms with Gasteiger partial charge >= 0.3 is 0 Å². The number of benzene rings is 6. The molecule has 0 aliphatic heterocycles. The van der Waals surface area contributed by atoms with Crippen molar-refractivity contribution < 1.29 is 4.42 Å². The molecular weight excluding hydrogens is 601 g/mol. The molecule has 49 heavy (non-hydrogen) atoms. The first-order valence-corrected chi connectivity index (χ1v) is 16.4. The molecular formula is C44H28N4O. The number of para-hydroxylation sites is 2. The molecule has 0 radical (unpaired) electrons. The molecule has 0 unspecified atom stereocenters. The highest BCUT2D eigenvalue weighted by Gasteiger charge is 2.23. The van der Waals surface area contributed by atoms with E-state index in [0.29, 0.717) is 5.95 Å². The Balaban J connectivity index is 1.31. The first kappa shape index (κ1) is 27.4. The van der Waals surface area contributed by atoms with Crippen LogP contribution in [0.4, 0.5) is 0 Å². The maximum atomic E-state index is 6.58. The van der Waals surface area contributed by atoms with E-state index in [1.165, 1.54) is 0 Å². The maximum Gasteiger partial charge on any atom is 0.235 e. The molecule has 10 aromatic rings. The van der Waals surface area contributed by atoms with Gasteiger partial charge in [0.1, 0.15) is 5.76 Å². The van der Waals surface area contributed by atoms with Gasteiger partial charge in [0, 0.05) is 44.3 Å². The van der Waals surface area contributed by atoms with Gasteiger partial charge in [0.2, 0.25) is 11.8 Å². The van der Waals surface area contributed by atoms with Gasteiger partial charge in [-0.3, -0.25) is 9.13 Å². The van der Waals surface area contributed by atoms with Crippen LogP contribution in [0.3, 0.4) is 0 Å². The van der Waals surface area contributed by atoms with Gasteiger partial charge in [0.15, 0.2) is 0 Å². The second kappa shape index (κ2) is 10.9. The number of hydrogen-bond acceptors (Lipinski definition) is 3. The first-order chi connectivity index (χ1) is 24.3. The molecule has 0 aliphatic rings. The van der Waals surface area contributed by atoms with Gasteiger partial charge in [0.25, 0.3) is 0 Å². The van der Waals surface area contributed by atoms with E-state index in [9.17, 15) is 0 Å². The third-order valence-corrected chi connectivity index (χ3v) is 9.39. The number of nitrogens with zero attached hydrogens (tertiary/aromatic N) is 4. The second-order valence-electron chi connectivity index (χ2n) is 12.2. The zero-order chi connectivity index (χ0) is 32.3. The Morgan fingerprint density at radius 1 is 0.408 bits per heavy atom. The summed E-state index contributed by atoms with van der Waals surface area (Å²) in [5.74, 6) is 2.22. The SMILES string of the molecule is c1ccc(-c2cc(-c3ccccc3)nc(-n3c4ccccc4c4ccc5c(c6ccccc6n5-c5ccc(-c6ccccc6)o5)c43)n2)cc1. The Morgan fingerprint density at radius 3 is 1.61 bits per heavy atom. The van der Waals surface area contributed by atoms with Gasteiger partial charge in [-0.25, -0.2) is 9.97 Å². The lowest BCUT2D eigenvalue weighted by atomic mass is 10.1. The predicted molar refractivity (Wildman–Crippen MR) is 199 cm³/mol. The molecule has 4 aromatic heterocycles. The molecule has 6 aromatic carbocycles. The van der Waals surface area contributed by atoms with Crippen LogP contribution in [0.5, 0.6) is 0 Å². The van der Waals surface area contributed by atoms with Crippen LogP contribution in [0.2, 0.25) is 0 Å². The van der Waals surface area contributed by atoms with E-state index in [0.717, 1.165) is 83.3 Å². The van der Waals surface area contributed by atoms with Crippen molar-refractivity contribution in [2.75, 3.05) is 0 Å². The first-order valence-electron chi connectivity index (χ1n) is 16.4. The summed E-state index contributed by atoms with van der Waals surface area (Å²) in [5.41, 5.74) is 9.09. The Kier molecular flexibility index (Phi) is 6.11. The van der Waals surface area contributed by atoms with E-state index in [1.54, 1.807) is 0 Å². The van der Waals surface area contributed by atoms with Crippen LogP contribution in [-0.4, -0.2) is 19.1 Å². The fourth-order valence-corrected chi connectivity index (χ4v) is 7.21. The largest absolute Gasteiger partial charge is 0.440 e. The van der Waals surface area contributed by atoms with E-state index in [4.69, 9.17) is 14.4 Å². The summed E-state index contributed by atoms with van der Waals surface area (Å²) in [6.45, 7) is 0. The fourth-order valence-electron chi connectivity index (χ4n) is 7.21.